The van der Waals surface area contributed by atoms with Gasteiger partial charge in [-0.15, -0.1) is 12.4 Å². The van der Waals surface area contributed by atoms with E-state index in [1.54, 1.807) is 31.4 Å². The average molecular weight is 382 g/mol. The van der Waals surface area contributed by atoms with Crippen LogP contribution in [0.25, 0.3) is 0 Å². The topological polar surface area (TPSA) is 38.3 Å². The second-order valence-electron chi connectivity index (χ2n) is 6.65. The summed E-state index contributed by atoms with van der Waals surface area (Å²) in [7, 11) is 1.66. The van der Waals surface area contributed by atoms with Crippen LogP contribution in [-0.4, -0.2) is 24.5 Å². The second kappa shape index (κ2) is 9.23. The Kier molecular flexibility index (Phi) is 7.94. The molecule has 2 rings (SSSR count). The zero-order valence-corrected chi connectivity index (χ0v) is 16.6. The number of rotatable bonds is 7. The van der Waals surface area contributed by atoms with Crippen molar-refractivity contribution in [2.24, 2.45) is 0 Å². The summed E-state index contributed by atoms with van der Waals surface area (Å²) in [6, 6.07) is 14.8. The number of ether oxygens (including phenoxy) is 1. The van der Waals surface area contributed by atoms with E-state index in [1.807, 2.05) is 31.2 Å². The van der Waals surface area contributed by atoms with Crippen molar-refractivity contribution in [3.8, 4) is 5.75 Å². The number of hydrogen-bond donors (Lipinski definition) is 1. The summed E-state index contributed by atoms with van der Waals surface area (Å²) in [6.07, 6.45) is 0.810. The van der Waals surface area contributed by atoms with Gasteiger partial charge < -0.3 is 10.1 Å². The van der Waals surface area contributed by atoms with Gasteiger partial charge in [0.1, 0.15) is 5.75 Å². The normalized spacial score (nSPS) is 12.2. The van der Waals surface area contributed by atoms with E-state index in [2.05, 4.69) is 19.2 Å². The van der Waals surface area contributed by atoms with Crippen molar-refractivity contribution in [2.45, 2.75) is 38.8 Å². The van der Waals surface area contributed by atoms with E-state index in [1.165, 1.54) is 5.56 Å². The van der Waals surface area contributed by atoms with Crippen molar-refractivity contribution in [3.63, 3.8) is 0 Å². The molecule has 0 fully saturated rings. The molecule has 0 saturated heterocycles. The number of ketones is 1. The zero-order valence-electron chi connectivity index (χ0n) is 15.0. The molecule has 0 bridgehead atoms. The van der Waals surface area contributed by atoms with Gasteiger partial charge in [-0.3, -0.25) is 4.79 Å². The Labute approximate surface area is 161 Å². The number of Topliss-reactive ketones (excluding diaryl/α,β-unsaturated/α-hetero) is 1. The van der Waals surface area contributed by atoms with Crippen LogP contribution >= 0.6 is 24.0 Å². The van der Waals surface area contributed by atoms with Crippen LogP contribution in [0.15, 0.2) is 48.5 Å². The van der Waals surface area contributed by atoms with Crippen LogP contribution in [0.5, 0.6) is 5.75 Å². The summed E-state index contributed by atoms with van der Waals surface area (Å²) in [4.78, 5) is 12.6. The first-order valence-electron chi connectivity index (χ1n) is 8.01. The highest BCUT2D eigenvalue weighted by Crippen LogP contribution is 2.18. The molecule has 0 aliphatic carbocycles. The first kappa shape index (κ1) is 21.5. The first-order chi connectivity index (χ1) is 11.3. The molecule has 2 aromatic carbocycles. The monoisotopic (exact) mass is 381 g/mol. The van der Waals surface area contributed by atoms with Crippen LogP contribution < -0.4 is 10.1 Å². The number of hydrogen-bond acceptors (Lipinski definition) is 3. The van der Waals surface area contributed by atoms with E-state index in [4.69, 9.17) is 16.3 Å². The maximum absolute atomic E-state index is 12.6. The molecule has 5 heteroatoms. The molecule has 2 aromatic rings. The third-order valence-corrected chi connectivity index (χ3v) is 4.15. The SMILES string of the molecule is COc1ccc(CC(C)(C)NC(C)C(=O)c2cccc(Cl)c2)cc1.Cl. The van der Waals surface area contributed by atoms with Gasteiger partial charge in [-0.25, -0.2) is 0 Å². The predicted molar refractivity (Wildman–Crippen MR) is 106 cm³/mol. The van der Waals surface area contributed by atoms with Gasteiger partial charge in [-0.05, 0) is 57.0 Å². The molecule has 1 unspecified atom stereocenters. The molecule has 1 N–H and O–H groups in total. The molecule has 0 heterocycles. The molecule has 3 nitrogen and oxygen atoms in total. The van der Waals surface area contributed by atoms with Crippen molar-refractivity contribution in [3.05, 3.63) is 64.7 Å². The Balaban J connectivity index is 0.00000312. The standard InChI is InChI=1S/C20H24ClNO2.ClH/c1-14(19(23)16-6-5-7-17(21)12-16)22-20(2,3)13-15-8-10-18(24-4)11-9-15;/h5-12,14,22H,13H2,1-4H3;1H. The summed E-state index contributed by atoms with van der Waals surface area (Å²) < 4.78 is 5.18. The molecule has 0 aliphatic rings. The Morgan fingerprint density at radius 2 is 1.84 bits per heavy atom. The van der Waals surface area contributed by atoms with Crippen molar-refractivity contribution in [1.82, 2.24) is 5.32 Å². The van der Waals surface area contributed by atoms with Gasteiger partial charge in [0, 0.05) is 16.1 Å². The minimum atomic E-state index is -0.295. The lowest BCUT2D eigenvalue weighted by Crippen LogP contribution is -2.49. The number of carbonyl (C=O) groups excluding carboxylic acids is 1. The highest BCUT2D eigenvalue weighted by atomic mass is 35.5. The fraction of sp³-hybridized carbons (Fsp3) is 0.350. The second-order valence-corrected chi connectivity index (χ2v) is 7.09. The van der Waals surface area contributed by atoms with Crippen LogP contribution in [0.2, 0.25) is 5.02 Å². The third-order valence-electron chi connectivity index (χ3n) is 3.91. The van der Waals surface area contributed by atoms with Crippen LogP contribution in [0.3, 0.4) is 0 Å². The number of benzene rings is 2. The van der Waals surface area contributed by atoms with Crippen LogP contribution in [0.1, 0.15) is 36.7 Å². The van der Waals surface area contributed by atoms with Gasteiger partial charge in [-0.1, -0.05) is 35.9 Å². The van der Waals surface area contributed by atoms with Gasteiger partial charge in [0.05, 0.1) is 13.2 Å². The fourth-order valence-electron chi connectivity index (χ4n) is 2.85. The van der Waals surface area contributed by atoms with Crippen molar-refractivity contribution in [2.75, 3.05) is 7.11 Å². The molecule has 0 saturated carbocycles. The quantitative estimate of drug-likeness (QED) is 0.689. The van der Waals surface area contributed by atoms with E-state index in [0.717, 1.165) is 12.2 Å². The van der Waals surface area contributed by atoms with E-state index < -0.39 is 0 Å². The largest absolute Gasteiger partial charge is 0.497 e. The lowest BCUT2D eigenvalue weighted by atomic mass is 9.92. The first-order valence-corrected chi connectivity index (χ1v) is 8.39. The highest BCUT2D eigenvalue weighted by Gasteiger charge is 2.25. The van der Waals surface area contributed by atoms with E-state index in [0.29, 0.717) is 10.6 Å². The molecule has 0 radical (unpaired) electrons. The lowest BCUT2D eigenvalue weighted by molar-refractivity contribution is 0.0933. The smallest absolute Gasteiger partial charge is 0.179 e. The van der Waals surface area contributed by atoms with Crippen LogP contribution in [0.4, 0.5) is 0 Å². The minimum Gasteiger partial charge on any atom is -0.497 e. The van der Waals surface area contributed by atoms with Crippen LogP contribution in [0, 0.1) is 0 Å². The zero-order chi connectivity index (χ0) is 17.7. The Morgan fingerprint density at radius 1 is 1.20 bits per heavy atom. The summed E-state index contributed by atoms with van der Waals surface area (Å²) in [5.74, 6) is 0.884. The minimum absolute atomic E-state index is 0. The summed E-state index contributed by atoms with van der Waals surface area (Å²) in [6.45, 7) is 6.08. The summed E-state index contributed by atoms with van der Waals surface area (Å²) in [5.41, 5.74) is 1.60. The maximum Gasteiger partial charge on any atom is 0.179 e. The van der Waals surface area contributed by atoms with Gasteiger partial charge >= 0.3 is 0 Å². The van der Waals surface area contributed by atoms with Gasteiger partial charge in [0.2, 0.25) is 0 Å². The fourth-order valence-corrected chi connectivity index (χ4v) is 3.04. The number of halogens is 2. The number of nitrogens with one attached hydrogen (secondary N) is 1. The third kappa shape index (κ3) is 6.35. The molecule has 0 amide bonds. The maximum atomic E-state index is 12.6. The van der Waals surface area contributed by atoms with E-state index >= 15 is 0 Å². The molecule has 1 atom stereocenters. The van der Waals surface area contributed by atoms with Crippen molar-refractivity contribution >= 4 is 29.8 Å². The summed E-state index contributed by atoms with van der Waals surface area (Å²) >= 11 is 5.98. The summed E-state index contributed by atoms with van der Waals surface area (Å²) in [5, 5.41) is 4.00. The molecule has 25 heavy (non-hydrogen) atoms. The van der Waals surface area contributed by atoms with Gasteiger partial charge in [0.25, 0.3) is 0 Å². The number of methoxy groups -OCH3 is 1. The van der Waals surface area contributed by atoms with E-state index in [-0.39, 0.29) is 29.8 Å². The average Bonchev–Trinajstić information content (AvgIpc) is 2.54. The van der Waals surface area contributed by atoms with E-state index in [9.17, 15) is 4.79 Å². The van der Waals surface area contributed by atoms with Crippen molar-refractivity contribution < 1.29 is 9.53 Å². The molecule has 0 spiro atoms. The Bertz CT molecular complexity index is 699. The Morgan fingerprint density at radius 3 is 2.40 bits per heavy atom. The molecule has 0 aliphatic heterocycles. The predicted octanol–water partition coefficient (Wildman–Crippen LogP) is 4.95. The highest BCUT2D eigenvalue weighted by molar-refractivity contribution is 6.31. The lowest BCUT2D eigenvalue weighted by Gasteiger charge is -2.30. The Hall–Kier alpha value is -1.55. The molecule has 0 aromatic heterocycles. The molecular weight excluding hydrogens is 357 g/mol. The van der Waals surface area contributed by atoms with Gasteiger partial charge in [-0.2, -0.15) is 0 Å². The van der Waals surface area contributed by atoms with Crippen molar-refractivity contribution in [1.29, 1.82) is 0 Å². The molecular formula is C20H25Cl2NO2. The molecule has 136 valence electrons. The van der Waals surface area contributed by atoms with Crippen LogP contribution in [-0.2, 0) is 6.42 Å². The number of carbonyl (C=O) groups is 1. The van der Waals surface area contributed by atoms with Gasteiger partial charge in [0.15, 0.2) is 5.78 Å².